The average molecular weight is 185 g/mol. The van der Waals surface area contributed by atoms with Crippen LogP contribution in [-0.4, -0.2) is 55.0 Å². The Balaban J connectivity index is 2.48. The second kappa shape index (κ2) is 4.07. The van der Waals surface area contributed by atoms with Crippen molar-refractivity contribution in [1.82, 2.24) is 9.80 Å². The van der Waals surface area contributed by atoms with Gasteiger partial charge in [0.2, 0.25) is 5.91 Å². The molecule has 4 heteroatoms. The Morgan fingerprint density at radius 1 is 1.69 bits per heavy atom. The fourth-order valence-corrected chi connectivity index (χ4v) is 1.73. The quantitative estimate of drug-likeness (QED) is 0.631. The Morgan fingerprint density at radius 3 is 2.69 bits per heavy atom. The summed E-state index contributed by atoms with van der Waals surface area (Å²) in [5, 5.41) is 0. The highest BCUT2D eigenvalue weighted by Crippen LogP contribution is 2.12. The Morgan fingerprint density at radius 2 is 2.31 bits per heavy atom. The van der Waals surface area contributed by atoms with Crippen molar-refractivity contribution in [2.45, 2.75) is 25.4 Å². The molecule has 2 N–H and O–H groups in total. The van der Waals surface area contributed by atoms with E-state index in [1.54, 1.807) is 11.8 Å². The maximum absolute atomic E-state index is 11.5. The normalized spacial score (nSPS) is 26.0. The zero-order chi connectivity index (χ0) is 10.0. The molecule has 0 aromatic heterocycles. The minimum Gasteiger partial charge on any atom is -0.340 e. The van der Waals surface area contributed by atoms with E-state index in [4.69, 9.17) is 5.73 Å². The molecule has 76 valence electrons. The van der Waals surface area contributed by atoms with Crippen LogP contribution < -0.4 is 5.73 Å². The van der Waals surface area contributed by atoms with E-state index >= 15 is 0 Å². The summed E-state index contributed by atoms with van der Waals surface area (Å²) in [5.41, 5.74) is 5.53. The van der Waals surface area contributed by atoms with E-state index in [0.717, 1.165) is 19.5 Å². The summed E-state index contributed by atoms with van der Waals surface area (Å²) in [7, 11) is 3.92. The van der Waals surface area contributed by atoms with Gasteiger partial charge in [-0.15, -0.1) is 0 Å². The number of rotatable bonds is 2. The molecule has 0 saturated carbocycles. The van der Waals surface area contributed by atoms with Crippen molar-refractivity contribution in [3.05, 3.63) is 0 Å². The lowest BCUT2D eigenvalue weighted by molar-refractivity contribution is -0.132. The summed E-state index contributed by atoms with van der Waals surface area (Å²) >= 11 is 0. The number of carbonyl (C=O) groups is 1. The number of nitrogens with two attached hydrogens (primary N) is 1. The molecule has 0 radical (unpaired) electrons. The molecule has 1 heterocycles. The monoisotopic (exact) mass is 185 g/mol. The number of hydrogen-bond acceptors (Lipinski definition) is 3. The lowest BCUT2D eigenvalue weighted by atomic mass is 10.2. The molecule has 1 rings (SSSR count). The number of likely N-dealkylation sites (tertiary alicyclic amines) is 1. The first kappa shape index (κ1) is 10.5. The van der Waals surface area contributed by atoms with Gasteiger partial charge in [-0.3, -0.25) is 4.79 Å². The molecule has 1 aliphatic heterocycles. The predicted octanol–water partition coefficient (Wildman–Crippen LogP) is -0.504. The van der Waals surface area contributed by atoms with E-state index in [2.05, 4.69) is 11.9 Å². The van der Waals surface area contributed by atoms with Gasteiger partial charge in [0, 0.05) is 19.6 Å². The van der Waals surface area contributed by atoms with E-state index in [1.165, 1.54) is 0 Å². The first-order chi connectivity index (χ1) is 6.02. The molecule has 0 bridgehead atoms. The summed E-state index contributed by atoms with van der Waals surface area (Å²) in [5.74, 6) is 0.0419. The summed E-state index contributed by atoms with van der Waals surface area (Å²) in [4.78, 5) is 15.5. The molecule has 1 fully saturated rings. The highest BCUT2D eigenvalue weighted by atomic mass is 16.2. The summed E-state index contributed by atoms with van der Waals surface area (Å²) in [6, 6.07) is -0.0283. The van der Waals surface area contributed by atoms with Gasteiger partial charge in [0.25, 0.3) is 0 Å². The maximum atomic E-state index is 11.5. The van der Waals surface area contributed by atoms with Crippen LogP contribution in [0.3, 0.4) is 0 Å². The van der Waals surface area contributed by atoms with Crippen molar-refractivity contribution < 1.29 is 4.79 Å². The van der Waals surface area contributed by atoms with Crippen molar-refractivity contribution in [3.8, 4) is 0 Å². The van der Waals surface area contributed by atoms with Crippen LogP contribution in [0.2, 0.25) is 0 Å². The minimum atomic E-state index is -0.379. The summed E-state index contributed by atoms with van der Waals surface area (Å²) in [6.07, 6.45) is 1.06. The van der Waals surface area contributed by atoms with Crippen molar-refractivity contribution >= 4 is 5.91 Å². The van der Waals surface area contributed by atoms with E-state index in [0.29, 0.717) is 6.04 Å². The third-order valence-corrected chi connectivity index (χ3v) is 2.65. The molecule has 0 spiro atoms. The largest absolute Gasteiger partial charge is 0.340 e. The molecule has 0 aliphatic carbocycles. The number of carbonyl (C=O) groups excluding carboxylic acids is 1. The average Bonchev–Trinajstić information content (AvgIpc) is 2.49. The third-order valence-electron chi connectivity index (χ3n) is 2.65. The second-order valence-corrected chi connectivity index (χ2v) is 3.94. The highest BCUT2D eigenvalue weighted by Gasteiger charge is 2.27. The van der Waals surface area contributed by atoms with Gasteiger partial charge in [0.15, 0.2) is 0 Å². The van der Waals surface area contributed by atoms with Crippen molar-refractivity contribution in [2.24, 2.45) is 5.73 Å². The van der Waals surface area contributed by atoms with Crippen molar-refractivity contribution in [1.29, 1.82) is 0 Å². The molecule has 2 atom stereocenters. The molecule has 13 heavy (non-hydrogen) atoms. The Bertz CT molecular complexity index is 193. The predicted molar refractivity (Wildman–Crippen MR) is 52.3 cm³/mol. The van der Waals surface area contributed by atoms with Gasteiger partial charge < -0.3 is 15.5 Å². The van der Waals surface area contributed by atoms with Crippen LogP contribution in [0, 0.1) is 0 Å². The lowest BCUT2D eigenvalue weighted by Crippen LogP contribution is -2.46. The Kier molecular flexibility index (Phi) is 3.27. The third kappa shape index (κ3) is 2.42. The lowest BCUT2D eigenvalue weighted by Gasteiger charge is -2.25. The number of amides is 1. The Labute approximate surface area is 79.7 Å². The molecule has 4 nitrogen and oxygen atoms in total. The van der Waals surface area contributed by atoms with E-state index < -0.39 is 0 Å². The van der Waals surface area contributed by atoms with Crippen LogP contribution in [0.1, 0.15) is 13.3 Å². The molecule has 1 unspecified atom stereocenters. The first-order valence-electron chi connectivity index (χ1n) is 4.73. The zero-order valence-corrected chi connectivity index (χ0v) is 8.66. The van der Waals surface area contributed by atoms with Gasteiger partial charge in [-0.2, -0.15) is 0 Å². The molecule has 0 aromatic rings. The molecule has 1 saturated heterocycles. The van der Waals surface area contributed by atoms with Crippen LogP contribution >= 0.6 is 0 Å². The summed E-state index contributed by atoms with van der Waals surface area (Å²) in [6.45, 7) is 3.77. The standard InChI is InChI=1S/C9H19N3O/c1-7(10)9(13)12(3)8-4-5-11(2)6-8/h7-8H,4-6,10H2,1-3H3/t7-,8?/m0/s1. The number of likely N-dealkylation sites (N-methyl/N-ethyl adjacent to an activating group) is 2. The number of hydrogen-bond donors (Lipinski definition) is 1. The van der Waals surface area contributed by atoms with Crippen molar-refractivity contribution in [3.63, 3.8) is 0 Å². The van der Waals surface area contributed by atoms with Gasteiger partial charge in [-0.1, -0.05) is 0 Å². The van der Waals surface area contributed by atoms with Crippen LogP contribution in [0.4, 0.5) is 0 Å². The number of nitrogens with zero attached hydrogens (tertiary/aromatic N) is 2. The fourth-order valence-electron chi connectivity index (χ4n) is 1.73. The SMILES string of the molecule is C[C@H](N)C(=O)N(C)C1CCN(C)C1. The van der Waals surface area contributed by atoms with E-state index in [9.17, 15) is 4.79 Å². The van der Waals surface area contributed by atoms with Gasteiger partial charge in [-0.05, 0) is 26.9 Å². The molecule has 0 aromatic carbocycles. The molecular formula is C9H19N3O. The van der Waals surface area contributed by atoms with E-state index in [1.807, 2.05) is 7.05 Å². The Hall–Kier alpha value is -0.610. The van der Waals surface area contributed by atoms with Gasteiger partial charge >= 0.3 is 0 Å². The van der Waals surface area contributed by atoms with E-state index in [-0.39, 0.29) is 11.9 Å². The van der Waals surface area contributed by atoms with Gasteiger partial charge in [0.1, 0.15) is 0 Å². The van der Waals surface area contributed by atoms with Crippen LogP contribution in [0.15, 0.2) is 0 Å². The van der Waals surface area contributed by atoms with Gasteiger partial charge in [0.05, 0.1) is 6.04 Å². The molecule has 1 aliphatic rings. The topological polar surface area (TPSA) is 49.6 Å². The minimum absolute atomic E-state index is 0.0419. The second-order valence-electron chi connectivity index (χ2n) is 3.94. The van der Waals surface area contributed by atoms with Gasteiger partial charge in [-0.25, -0.2) is 0 Å². The van der Waals surface area contributed by atoms with Crippen LogP contribution in [0.25, 0.3) is 0 Å². The van der Waals surface area contributed by atoms with Crippen LogP contribution in [0.5, 0.6) is 0 Å². The fraction of sp³-hybridized carbons (Fsp3) is 0.889. The smallest absolute Gasteiger partial charge is 0.239 e. The summed E-state index contributed by atoms with van der Waals surface area (Å²) < 4.78 is 0. The zero-order valence-electron chi connectivity index (χ0n) is 8.66. The first-order valence-corrected chi connectivity index (χ1v) is 4.73. The molecular weight excluding hydrogens is 166 g/mol. The highest BCUT2D eigenvalue weighted by molar-refractivity contribution is 5.81. The van der Waals surface area contributed by atoms with Crippen LogP contribution in [-0.2, 0) is 4.79 Å². The molecule has 1 amide bonds. The maximum Gasteiger partial charge on any atom is 0.239 e. The van der Waals surface area contributed by atoms with Crippen molar-refractivity contribution in [2.75, 3.05) is 27.2 Å².